The number of hydrogen-bond donors (Lipinski definition) is 2. The summed E-state index contributed by atoms with van der Waals surface area (Å²) in [6.07, 6.45) is -0.579. The molecule has 2 N–H and O–H groups in total. The topological polar surface area (TPSA) is 50.4 Å². The van der Waals surface area contributed by atoms with Gasteiger partial charge < -0.3 is 10.1 Å². The van der Waals surface area contributed by atoms with Crippen molar-refractivity contribution >= 4 is 23.2 Å². The van der Waals surface area contributed by atoms with Crippen molar-refractivity contribution in [3.05, 3.63) is 54.3 Å². The number of ether oxygens (including phenoxy) is 1. The van der Waals surface area contributed by atoms with Crippen molar-refractivity contribution in [1.82, 2.24) is 0 Å². The minimum atomic E-state index is -0.588. The van der Waals surface area contributed by atoms with Gasteiger partial charge in [-0.3, -0.25) is 5.32 Å². The first-order chi connectivity index (χ1) is 10.3. The molecule has 0 radical (unpaired) electrons. The summed E-state index contributed by atoms with van der Waals surface area (Å²) in [7, 11) is 0. The second-order valence-corrected chi connectivity index (χ2v) is 5.81. The molecule has 0 bridgehead atoms. The van der Waals surface area contributed by atoms with Crippen molar-refractivity contribution < 1.29 is 13.9 Å². The van der Waals surface area contributed by atoms with Gasteiger partial charge in [-0.05, 0) is 51.1 Å². The molecule has 0 saturated heterocycles. The average Bonchev–Trinajstić information content (AvgIpc) is 2.41. The Balaban J connectivity index is 2.11. The van der Waals surface area contributed by atoms with Crippen molar-refractivity contribution in [3.8, 4) is 0 Å². The number of benzene rings is 2. The highest BCUT2D eigenvalue weighted by Gasteiger charge is 2.16. The molecule has 0 heterocycles. The molecule has 5 heteroatoms. The molecular formula is C17H19FN2O2. The standard InChI is InChI=1S/C17H19FN2O2/c1-17(2,3)22-16(21)20-13-9-10-14(18)15(11-13)19-12-7-5-4-6-8-12/h4-11,19H,1-3H3,(H,20,21). The molecule has 0 atom stereocenters. The number of hydrogen-bond acceptors (Lipinski definition) is 3. The molecule has 22 heavy (non-hydrogen) atoms. The van der Waals surface area contributed by atoms with E-state index in [0.717, 1.165) is 5.69 Å². The molecule has 0 unspecified atom stereocenters. The number of para-hydroxylation sites is 1. The number of amides is 1. The van der Waals surface area contributed by atoms with Crippen LogP contribution in [0.2, 0.25) is 0 Å². The van der Waals surface area contributed by atoms with Gasteiger partial charge in [-0.25, -0.2) is 9.18 Å². The Kier molecular flexibility index (Phi) is 4.65. The number of carbonyl (C=O) groups is 1. The van der Waals surface area contributed by atoms with Crippen molar-refractivity contribution in [2.45, 2.75) is 26.4 Å². The third-order valence-electron chi connectivity index (χ3n) is 2.66. The monoisotopic (exact) mass is 302 g/mol. The third-order valence-corrected chi connectivity index (χ3v) is 2.66. The van der Waals surface area contributed by atoms with Crippen LogP contribution in [0.25, 0.3) is 0 Å². The van der Waals surface area contributed by atoms with Gasteiger partial charge in [0.2, 0.25) is 0 Å². The summed E-state index contributed by atoms with van der Waals surface area (Å²) < 4.78 is 19.0. The van der Waals surface area contributed by atoms with Gasteiger partial charge in [-0.15, -0.1) is 0 Å². The highest BCUT2D eigenvalue weighted by molar-refractivity contribution is 5.86. The Labute approximate surface area is 129 Å². The fourth-order valence-electron chi connectivity index (χ4n) is 1.80. The zero-order chi connectivity index (χ0) is 16.2. The summed E-state index contributed by atoms with van der Waals surface area (Å²) in [5, 5.41) is 5.55. The third kappa shape index (κ3) is 4.77. The first kappa shape index (κ1) is 15.8. The molecule has 0 aliphatic heterocycles. The van der Waals surface area contributed by atoms with E-state index in [2.05, 4.69) is 10.6 Å². The van der Waals surface area contributed by atoms with Crippen molar-refractivity contribution in [3.63, 3.8) is 0 Å². The smallest absolute Gasteiger partial charge is 0.412 e. The van der Waals surface area contributed by atoms with Crippen LogP contribution in [0, 0.1) is 5.82 Å². The van der Waals surface area contributed by atoms with Gasteiger partial charge >= 0.3 is 6.09 Å². The number of nitrogens with one attached hydrogen (secondary N) is 2. The van der Waals surface area contributed by atoms with Crippen molar-refractivity contribution in [2.24, 2.45) is 0 Å². The van der Waals surface area contributed by atoms with Crippen LogP contribution in [0.3, 0.4) is 0 Å². The SMILES string of the molecule is CC(C)(C)OC(=O)Nc1ccc(F)c(Nc2ccccc2)c1. The number of halogens is 1. The van der Waals surface area contributed by atoms with Crippen LogP contribution in [0.15, 0.2) is 48.5 Å². The minimum absolute atomic E-state index is 0.278. The first-order valence-electron chi connectivity index (χ1n) is 6.95. The fraction of sp³-hybridized carbons (Fsp3) is 0.235. The zero-order valence-corrected chi connectivity index (χ0v) is 12.8. The largest absolute Gasteiger partial charge is 0.444 e. The molecule has 2 aromatic carbocycles. The maximum Gasteiger partial charge on any atom is 0.412 e. The van der Waals surface area contributed by atoms with Crippen LogP contribution in [-0.2, 0) is 4.74 Å². The maximum absolute atomic E-state index is 13.9. The summed E-state index contributed by atoms with van der Waals surface area (Å²) in [6.45, 7) is 5.33. The molecule has 0 aromatic heterocycles. The molecule has 1 amide bonds. The van der Waals surface area contributed by atoms with Gasteiger partial charge in [0.25, 0.3) is 0 Å². The quantitative estimate of drug-likeness (QED) is 0.846. The molecule has 4 nitrogen and oxygen atoms in total. The van der Waals surface area contributed by atoms with Crippen LogP contribution in [0.4, 0.5) is 26.2 Å². The summed E-state index contributed by atoms with van der Waals surface area (Å²) in [4.78, 5) is 11.7. The van der Waals surface area contributed by atoms with Crippen molar-refractivity contribution in [1.29, 1.82) is 0 Å². The molecule has 0 saturated carbocycles. The van der Waals surface area contributed by atoms with E-state index in [-0.39, 0.29) is 5.69 Å². The van der Waals surface area contributed by atoms with E-state index in [1.165, 1.54) is 18.2 Å². The molecular weight excluding hydrogens is 283 g/mol. The fourth-order valence-corrected chi connectivity index (χ4v) is 1.80. The molecule has 2 aromatic rings. The summed E-state index contributed by atoms with van der Waals surface area (Å²) >= 11 is 0. The van der Waals surface area contributed by atoms with E-state index >= 15 is 0 Å². The molecule has 116 valence electrons. The normalized spacial score (nSPS) is 10.9. The Bertz CT molecular complexity index is 651. The first-order valence-corrected chi connectivity index (χ1v) is 6.95. The molecule has 0 aliphatic carbocycles. The Morgan fingerprint density at radius 3 is 2.36 bits per heavy atom. The van der Waals surface area contributed by atoms with Gasteiger partial charge in [-0.1, -0.05) is 18.2 Å². The number of rotatable bonds is 3. The van der Waals surface area contributed by atoms with E-state index in [4.69, 9.17) is 4.74 Å². The van der Waals surface area contributed by atoms with Crippen LogP contribution in [0.5, 0.6) is 0 Å². The van der Waals surface area contributed by atoms with Gasteiger partial charge in [0.05, 0.1) is 5.69 Å². The highest BCUT2D eigenvalue weighted by atomic mass is 19.1. The lowest BCUT2D eigenvalue weighted by Crippen LogP contribution is -2.27. The second-order valence-electron chi connectivity index (χ2n) is 5.81. The van der Waals surface area contributed by atoms with Gasteiger partial charge in [-0.2, -0.15) is 0 Å². The van der Waals surface area contributed by atoms with Crippen molar-refractivity contribution in [2.75, 3.05) is 10.6 Å². The van der Waals surface area contributed by atoms with E-state index in [9.17, 15) is 9.18 Å². The summed E-state index contributed by atoms with van der Waals surface area (Å²) in [5.41, 5.74) is 0.902. The second kappa shape index (κ2) is 6.47. The average molecular weight is 302 g/mol. The van der Waals surface area contributed by atoms with E-state index in [1.807, 2.05) is 30.3 Å². The predicted octanol–water partition coefficient (Wildman–Crippen LogP) is 4.92. The Hall–Kier alpha value is -2.56. The van der Waals surface area contributed by atoms with E-state index in [0.29, 0.717) is 5.69 Å². The number of carbonyl (C=O) groups excluding carboxylic acids is 1. The van der Waals surface area contributed by atoms with E-state index < -0.39 is 17.5 Å². The Morgan fingerprint density at radius 1 is 1.05 bits per heavy atom. The lowest BCUT2D eigenvalue weighted by molar-refractivity contribution is 0.0636. The molecule has 0 fully saturated rings. The summed E-state index contributed by atoms with van der Waals surface area (Å²) in [5.74, 6) is -0.404. The predicted molar refractivity (Wildman–Crippen MR) is 86.0 cm³/mol. The lowest BCUT2D eigenvalue weighted by atomic mass is 10.2. The summed E-state index contributed by atoms with van der Waals surface area (Å²) in [6, 6.07) is 13.5. The highest BCUT2D eigenvalue weighted by Crippen LogP contribution is 2.24. The van der Waals surface area contributed by atoms with Gasteiger partial charge in [0.15, 0.2) is 0 Å². The lowest BCUT2D eigenvalue weighted by Gasteiger charge is -2.20. The van der Waals surface area contributed by atoms with Gasteiger partial charge in [0.1, 0.15) is 11.4 Å². The molecule has 0 aliphatic rings. The minimum Gasteiger partial charge on any atom is -0.444 e. The molecule has 2 rings (SSSR count). The van der Waals surface area contributed by atoms with Gasteiger partial charge in [0, 0.05) is 11.4 Å². The van der Waals surface area contributed by atoms with E-state index in [1.54, 1.807) is 20.8 Å². The van der Waals surface area contributed by atoms with Crippen LogP contribution >= 0.6 is 0 Å². The molecule has 0 spiro atoms. The zero-order valence-electron chi connectivity index (χ0n) is 12.8. The number of anilines is 3. The maximum atomic E-state index is 13.9. The van der Waals surface area contributed by atoms with Crippen LogP contribution < -0.4 is 10.6 Å². The van der Waals surface area contributed by atoms with Crippen LogP contribution in [0.1, 0.15) is 20.8 Å². The Morgan fingerprint density at radius 2 is 1.73 bits per heavy atom. The van der Waals surface area contributed by atoms with Crippen LogP contribution in [-0.4, -0.2) is 11.7 Å².